The standard InChI is InChI=1S/C45H77N13O14/c1-8-23(6)33(42(69)57-34(24(7)61)41(68)51-18-32(62)52-30(19-59)40(67)55-31(20-60)44(71)72)56-38(65)28(13-10-14-50-45(48)49)53-39(66)29(15-21(2)3)54-43(70)35(36(63)22(4)5)58-37(64)27(47)17-25-11-9-12-26(46)16-25/h9,11-12,16,21-24,27-31,33-36,59-61,63H,8,10,13-15,17-20,46-47H2,1-7H3,(H,51,68)(H,52,62)(H,53,66)(H,54,70)(H,55,67)(H,56,65)(H,57,69)(H,58,64)(H,71,72)(H4,48,49,50)/t23-,24-,27-,28+,29-,30-,31-,33-,34-,35-,36?/m0/s1. The third kappa shape index (κ3) is 22.2. The molecule has 1 unspecified atom stereocenters. The second-order valence-corrected chi connectivity index (χ2v) is 18.2. The number of guanidine groups is 1. The van der Waals surface area contributed by atoms with Crippen LogP contribution in [0, 0.1) is 17.8 Å². The second kappa shape index (κ2) is 31.6. The van der Waals surface area contributed by atoms with Crippen molar-refractivity contribution < 1.29 is 68.7 Å². The van der Waals surface area contributed by atoms with Gasteiger partial charge in [0.05, 0.1) is 38.0 Å². The Morgan fingerprint density at radius 2 is 1.21 bits per heavy atom. The fraction of sp³-hybridized carbons (Fsp3) is 0.644. The van der Waals surface area contributed by atoms with Crippen molar-refractivity contribution >= 4 is 64.9 Å². The Kier molecular flexibility index (Phi) is 27.8. The van der Waals surface area contributed by atoms with Crippen LogP contribution in [0.25, 0.3) is 0 Å². The second-order valence-electron chi connectivity index (χ2n) is 18.2. The molecule has 0 aliphatic rings. The quantitative estimate of drug-likeness (QED) is 0.0138. The van der Waals surface area contributed by atoms with Gasteiger partial charge >= 0.3 is 5.97 Å². The van der Waals surface area contributed by atoms with Gasteiger partial charge < -0.3 is 91.0 Å². The summed E-state index contributed by atoms with van der Waals surface area (Å²) in [5.41, 5.74) is 24.1. The molecule has 27 nitrogen and oxygen atoms in total. The van der Waals surface area contributed by atoms with E-state index in [1.807, 2.05) is 5.32 Å². The van der Waals surface area contributed by atoms with Crippen LogP contribution in [0.1, 0.15) is 79.7 Å². The Morgan fingerprint density at radius 1 is 0.667 bits per heavy atom. The highest BCUT2D eigenvalue weighted by atomic mass is 16.4. The minimum atomic E-state index is -1.74. The first kappa shape index (κ1) is 63.3. The van der Waals surface area contributed by atoms with Crippen molar-refractivity contribution in [3.63, 3.8) is 0 Å². The molecule has 0 saturated carbocycles. The number of nitrogens with two attached hydrogens (primary N) is 4. The van der Waals surface area contributed by atoms with Crippen LogP contribution >= 0.6 is 0 Å². The van der Waals surface area contributed by atoms with Gasteiger partial charge in [-0.3, -0.25) is 43.3 Å². The first-order chi connectivity index (χ1) is 33.7. The first-order valence-corrected chi connectivity index (χ1v) is 23.5. The van der Waals surface area contributed by atoms with Gasteiger partial charge in [0.15, 0.2) is 5.96 Å². The zero-order valence-electron chi connectivity index (χ0n) is 41.8. The summed E-state index contributed by atoms with van der Waals surface area (Å²) in [6.45, 7) is 8.39. The van der Waals surface area contributed by atoms with Crippen LogP contribution in [0.3, 0.4) is 0 Å². The molecule has 0 aromatic heterocycles. The topological polar surface area (TPSA) is 467 Å². The molecule has 0 spiro atoms. The predicted octanol–water partition coefficient (Wildman–Crippen LogP) is -5.74. The highest BCUT2D eigenvalue weighted by Gasteiger charge is 2.37. The summed E-state index contributed by atoms with van der Waals surface area (Å²) in [7, 11) is 0. The Bertz CT molecular complexity index is 2020. The van der Waals surface area contributed by atoms with Crippen LogP contribution in [0.15, 0.2) is 29.3 Å². The smallest absolute Gasteiger partial charge is 0.328 e. The molecule has 0 heterocycles. The van der Waals surface area contributed by atoms with Gasteiger partial charge in [0.25, 0.3) is 0 Å². The van der Waals surface area contributed by atoms with Crippen molar-refractivity contribution in [3.05, 3.63) is 29.8 Å². The SMILES string of the molecule is CC[C@H](C)[C@H](NC(=O)[C@@H](CCCN=C(N)N)NC(=O)[C@H](CC(C)C)NC(=O)[C@@H](NC(=O)[C@@H](N)Cc1cccc(N)c1)C(O)C(C)C)C(=O)N[C@H](C(=O)NCC(=O)N[C@@H](CO)C(=O)N[C@@H](CO)C(=O)O)[C@H](C)O. The minimum Gasteiger partial charge on any atom is -0.480 e. The van der Waals surface area contributed by atoms with Crippen molar-refractivity contribution in [3.8, 4) is 0 Å². The molecule has 8 amide bonds. The van der Waals surface area contributed by atoms with E-state index in [2.05, 4.69) is 42.2 Å². The van der Waals surface area contributed by atoms with Crippen LogP contribution in [-0.4, -0.2) is 172 Å². The van der Waals surface area contributed by atoms with Crippen molar-refractivity contribution in [1.29, 1.82) is 0 Å². The van der Waals surface area contributed by atoms with Gasteiger partial charge in [-0.2, -0.15) is 0 Å². The molecule has 0 bridgehead atoms. The number of aliphatic hydroxyl groups excluding tert-OH is 4. The number of carbonyl (C=O) groups is 9. The van der Waals surface area contributed by atoms with Crippen molar-refractivity contribution in [2.75, 3.05) is 32.0 Å². The van der Waals surface area contributed by atoms with Gasteiger partial charge in [0.2, 0.25) is 47.3 Å². The third-order valence-corrected chi connectivity index (χ3v) is 11.2. The summed E-state index contributed by atoms with van der Waals surface area (Å²) in [4.78, 5) is 123. The van der Waals surface area contributed by atoms with Crippen LogP contribution in [0.5, 0.6) is 0 Å². The number of carboxylic acid groups (broad SMARTS) is 1. The van der Waals surface area contributed by atoms with Crippen LogP contribution < -0.4 is 65.5 Å². The van der Waals surface area contributed by atoms with E-state index in [1.54, 1.807) is 65.8 Å². The van der Waals surface area contributed by atoms with Gasteiger partial charge in [0, 0.05) is 12.2 Å². The molecule has 0 aliphatic heterocycles. The molecule has 11 atom stereocenters. The lowest BCUT2D eigenvalue weighted by molar-refractivity contribution is -0.143. The lowest BCUT2D eigenvalue weighted by atomic mass is 9.96. The number of amides is 8. The van der Waals surface area contributed by atoms with E-state index < -0.39 is 145 Å². The average Bonchev–Trinajstić information content (AvgIpc) is 3.30. The third-order valence-electron chi connectivity index (χ3n) is 11.2. The number of rotatable bonds is 32. The number of carbonyl (C=O) groups excluding carboxylic acids is 8. The van der Waals surface area contributed by atoms with Crippen molar-refractivity contribution in [2.24, 2.45) is 39.9 Å². The molecule has 27 heteroatoms. The Hall–Kier alpha value is -6.68. The van der Waals surface area contributed by atoms with Gasteiger partial charge in [-0.15, -0.1) is 0 Å². The lowest BCUT2D eigenvalue weighted by Crippen LogP contribution is -2.62. The summed E-state index contributed by atoms with van der Waals surface area (Å²) in [5, 5.41) is 68.4. The Balaban J connectivity index is 3.37. The lowest BCUT2D eigenvalue weighted by Gasteiger charge is -2.31. The molecule has 0 saturated heterocycles. The van der Waals surface area contributed by atoms with Gasteiger partial charge in [-0.25, -0.2) is 4.79 Å². The van der Waals surface area contributed by atoms with Crippen LogP contribution in [0.4, 0.5) is 5.69 Å². The minimum absolute atomic E-state index is 0.0175. The van der Waals surface area contributed by atoms with Crippen LogP contribution in [-0.2, 0) is 49.6 Å². The normalized spacial score (nSPS) is 15.8. The predicted molar refractivity (Wildman–Crippen MR) is 262 cm³/mol. The van der Waals surface area contributed by atoms with E-state index in [0.29, 0.717) is 11.3 Å². The number of nitrogen functional groups attached to an aromatic ring is 1. The summed E-state index contributed by atoms with van der Waals surface area (Å²) >= 11 is 0. The van der Waals surface area contributed by atoms with Crippen molar-refractivity contribution in [1.82, 2.24) is 42.5 Å². The number of aliphatic carboxylic acids is 1. The molecule has 0 fully saturated rings. The molecule has 406 valence electrons. The monoisotopic (exact) mass is 1020 g/mol. The molecule has 0 aliphatic carbocycles. The molecular formula is C45H77N13O14. The van der Waals surface area contributed by atoms with E-state index in [1.165, 1.54) is 0 Å². The maximum absolute atomic E-state index is 14.2. The number of benzene rings is 1. The van der Waals surface area contributed by atoms with Crippen LogP contribution in [0.2, 0.25) is 0 Å². The average molecular weight is 1020 g/mol. The van der Waals surface area contributed by atoms with Crippen molar-refractivity contribution in [2.45, 2.75) is 141 Å². The molecule has 1 rings (SSSR count). The maximum atomic E-state index is 14.2. The Labute approximate surface area is 418 Å². The number of aliphatic hydroxyl groups is 4. The fourth-order valence-corrected chi connectivity index (χ4v) is 6.81. The molecule has 1 aromatic carbocycles. The van der Waals surface area contributed by atoms with E-state index >= 15 is 0 Å². The van der Waals surface area contributed by atoms with E-state index in [9.17, 15) is 58.5 Å². The van der Waals surface area contributed by atoms with Gasteiger partial charge in [-0.05, 0) is 68.1 Å². The molecule has 72 heavy (non-hydrogen) atoms. The number of hydrogen-bond donors (Lipinski definition) is 17. The maximum Gasteiger partial charge on any atom is 0.328 e. The summed E-state index contributed by atoms with van der Waals surface area (Å²) < 4.78 is 0. The van der Waals surface area contributed by atoms with Gasteiger partial charge in [-0.1, -0.05) is 60.1 Å². The zero-order valence-corrected chi connectivity index (χ0v) is 41.8. The number of anilines is 1. The number of aliphatic imine (C=N–C) groups is 1. The number of nitrogens with one attached hydrogen (secondary N) is 8. The zero-order chi connectivity index (χ0) is 55.0. The fourth-order valence-electron chi connectivity index (χ4n) is 6.81. The van der Waals surface area contributed by atoms with E-state index in [4.69, 9.17) is 33.1 Å². The highest BCUT2D eigenvalue weighted by Crippen LogP contribution is 2.14. The number of nitrogens with zero attached hydrogens (tertiary/aromatic N) is 1. The molecule has 21 N–H and O–H groups in total. The summed E-state index contributed by atoms with van der Waals surface area (Å²) in [6, 6.07) is -5.34. The Morgan fingerprint density at radius 3 is 1.74 bits per heavy atom. The first-order valence-electron chi connectivity index (χ1n) is 23.5. The summed E-state index contributed by atoms with van der Waals surface area (Å²) in [6.07, 6.45) is -2.67. The molecule has 1 aromatic rings. The summed E-state index contributed by atoms with van der Waals surface area (Å²) in [5.74, 6) is -11.0. The number of hydrogen-bond acceptors (Lipinski definition) is 16. The van der Waals surface area contributed by atoms with E-state index in [-0.39, 0.29) is 50.5 Å². The molecular weight excluding hydrogens is 947 g/mol. The molecule has 0 radical (unpaired) electrons. The van der Waals surface area contributed by atoms with Gasteiger partial charge in [0.1, 0.15) is 42.3 Å². The highest BCUT2D eigenvalue weighted by molar-refractivity contribution is 5.98. The number of carboxylic acids is 1. The van der Waals surface area contributed by atoms with E-state index in [0.717, 1.165) is 6.92 Å². The largest absolute Gasteiger partial charge is 0.480 e.